The second kappa shape index (κ2) is 6.41. The van der Waals surface area contributed by atoms with Crippen molar-refractivity contribution in [3.8, 4) is 11.5 Å². The molecule has 0 saturated carbocycles. The summed E-state index contributed by atoms with van der Waals surface area (Å²) >= 11 is 6.05. The fourth-order valence-corrected chi connectivity index (χ4v) is 3.39. The highest BCUT2D eigenvalue weighted by Gasteiger charge is 2.22. The van der Waals surface area contributed by atoms with E-state index in [1.807, 2.05) is 12.1 Å². The molecular weight excluding hydrogens is 344 g/mol. The molecule has 0 fully saturated rings. The van der Waals surface area contributed by atoms with Gasteiger partial charge in [0.15, 0.2) is 23.9 Å². The van der Waals surface area contributed by atoms with Crippen LogP contribution < -0.4 is 9.47 Å². The van der Waals surface area contributed by atoms with Gasteiger partial charge < -0.3 is 14.2 Å². The molecule has 1 heterocycles. The quantitative estimate of drug-likeness (QED) is 0.617. The second-order valence-electron chi connectivity index (χ2n) is 6.03. The summed E-state index contributed by atoms with van der Waals surface area (Å²) < 4.78 is 15.6. The molecular formula is C19H15ClO5. The zero-order chi connectivity index (χ0) is 17.4. The third-order valence-corrected chi connectivity index (χ3v) is 4.70. The summed E-state index contributed by atoms with van der Waals surface area (Å²) in [7, 11) is 0. The van der Waals surface area contributed by atoms with Crippen molar-refractivity contribution in [2.75, 3.05) is 13.4 Å². The first-order valence-corrected chi connectivity index (χ1v) is 8.41. The molecule has 0 spiro atoms. The van der Waals surface area contributed by atoms with Crippen LogP contribution in [0, 0.1) is 0 Å². The molecule has 0 aromatic heterocycles. The van der Waals surface area contributed by atoms with Gasteiger partial charge in [0.2, 0.25) is 6.79 Å². The number of ketones is 1. The average molecular weight is 359 g/mol. The molecule has 4 rings (SSSR count). The maximum atomic E-state index is 12.3. The Hall–Kier alpha value is -2.53. The van der Waals surface area contributed by atoms with Crippen molar-refractivity contribution in [2.24, 2.45) is 0 Å². The molecule has 0 N–H and O–H groups in total. The van der Waals surface area contributed by atoms with Crippen LogP contribution in [0.1, 0.15) is 38.3 Å². The first-order chi connectivity index (χ1) is 12.1. The van der Waals surface area contributed by atoms with E-state index in [0.29, 0.717) is 17.1 Å². The second-order valence-corrected chi connectivity index (χ2v) is 6.44. The maximum Gasteiger partial charge on any atom is 0.338 e. The fraction of sp³-hybridized carbons (Fsp3) is 0.263. The monoisotopic (exact) mass is 358 g/mol. The van der Waals surface area contributed by atoms with Gasteiger partial charge in [-0.2, -0.15) is 0 Å². The minimum atomic E-state index is -0.630. The van der Waals surface area contributed by atoms with E-state index in [9.17, 15) is 9.59 Å². The molecule has 6 heteroatoms. The molecule has 0 saturated heterocycles. The predicted molar refractivity (Wildman–Crippen MR) is 90.7 cm³/mol. The number of benzene rings is 2. The number of esters is 1. The van der Waals surface area contributed by atoms with Crippen molar-refractivity contribution in [1.29, 1.82) is 0 Å². The van der Waals surface area contributed by atoms with Crippen LogP contribution in [0.25, 0.3) is 0 Å². The van der Waals surface area contributed by atoms with Crippen LogP contribution in [0.2, 0.25) is 5.02 Å². The minimum Gasteiger partial charge on any atom is -0.454 e. The Balaban J connectivity index is 1.43. The topological polar surface area (TPSA) is 61.8 Å². The molecule has 0 bridgehead atoms. The third kappa shape index (κ3) is 3.07. The van der Waals surface area contributed by atoms with Crippen molar-refractivity contribution in [3.05, 3.63) is 57.6 Å². The molecule has 2 aliphatic rings. The lowest BCUT2D eigenvalue weighted by molar-refractivity contribution is 0.0474. The van der Waals surface area contributed by atoms with Gasteiger partial charge in [-0.25, -0.2) is 4.79 Å². The van der Waals surface area contributed by atoms with Crippen molar-refractivity contribution >= 4 is 23.4 Å². The molecule has 25 heavy (non-hydrogen) atoms. The lowest BCUT2D eigenvalue weighted by Crippen LogP contribution is -2.14. The average Bonchev–Trinajstić information content (AvgIpc) is 3.27. The van der Waals surface area contributed by atoms with Crippen LogP contribution in [-0.4, -0.2) is 25.2 Å². The van der Waals surface area contributed by atoms with E-state index < -0.39 is 5.97 Å². The number of carbonyl (C=O) groups excluding carboxylic acids is 2. The Morgan fingerprint density at radius 1 is 1.04 bits per heavy atom. The number of hydrogen-bond acceptors (Lipinski definition) is 5. The molecule has 2 aromatic carbocycles. The largest absolute Gasteiger partial charge is 0.454 e. The zero-order valence-electron chi connectivity index (χ0n) is 13.3. The predicted octanol–water partition coefficient (Wildman–Crippen LogP) is 3.60. The lowest BCUT2D eigenvalue weighted by atomic mass is 10.0. The van der Waals surface area contributed by atoms with E-state index in [0.717, 1.165) is 19.3 Å². The van der Waals surface area contributed by atoms with Crippen LogP contribution >= 0.6 is 11.6 Å². The molecule has 5 nitrogen and oxygen atoms in total. The molecule has 0 unspecified atom stereocenters. The van der Waals surface area contributed by atoms with Crippen LogP contribution in [0.3, 0.4) is 0 Å². The first-order valence-electron chi connectivity index (χ1n) is 8.03. The SMILES string of the molecule is O=C(COC(=O)c1cc(Cl)c2c(c1)OCO2)c1ccc2c(c1)CCC2. The maximum absolute atomic E-state index is 12.3. The van der Waals surface area contributed by atoms with Gasteiger partial charge in [-0.3, -0.25) is 4.79 Å². The normalized spacial score (nSPS) is 14.3. The number of carbonyl (C=O) groups is 2. The summed E-state index contributed by atoms with van der Waals surface area (Å²) in [6.45, 7) is -0.256. The lowest BCUT2D eigenvalue weighted by Gasteiger charge is -2.07. The summed E-state index contributed by atoms with van der Waals surface area (Å²) in [5, 5.41) is 0.270. The van der Waals surface area contributed by atoms with Crippen LogP contribution in [0.15, 0.2) is 30.3 Å². The third-order valence-electron chi connectivity index (χ3n) is 4.42. The number of aryl methyl sites for hydroxylation is 2. The highest BCUT2D eigenvalue weighted by Crippen LogP contribution is 2.39. The van der Waals surface area contributed by atoms with Gasteiger partial charge in [0.1, 0.15) is 0 Å². The van der Waals surface area contributed by atoms with Gasteiger partial charge in [0.25, 0.3) is 0 Å². The van der Waals surface area contributed by atoms with Gasteiger partial charge in [-0.15, -0.1) is 0 Å². The number of halogens is 1. The molecule has 0 atom stereocenters. The highest BCUT2D eigenvalue weighted by atomic mass is 35.5. The van der Waals surface area contributed by atoms with E-state index >= 15 is 0 Å². The Morgan fingerprint density at radius 2 is 1.88 bits per heavy atom. The molecule has 0 radical (unpaired) electrons. The molecule has 1 aliphatic heterocycles. The van der Waals surface area contributed by atoms with Crippen LogP contribution in [0.5, 0.6) is 11.5 Å². The van der Waals surface area contributed by atoms with E-state index in [1.54, 1.807) is 6.07 Å². The highest BCUT2D eigenvalue weighted by molar-refractivity contribution is 6.32. The van der Waals surface area contributed by atoms with E-state index in [2.05, 4.69) is 0 Å². The standard InChI is InChI=1S/C19H15ClO5/c20-15-7-14(8-17-18(15)25-10-24-17)19(22)23-9-16(21)13-5-4-11-2-1-3-12(11)6-13/h4-8H,1-3,9-10H2. The number of fused-ring (bicyclic) bond motifs is 2. The Labute approximate surface area is 149 Å². The summed E-state index contributed by atoms with van der Waals surface area (Å²) in [4.78, 5) is 24.5. The van der Waals surface area contributed by atoms with E-state index in [1.165, 1.54) is 23.3 Å². The van der Waals surface area contributed by atoms with Gasteiger partial charge >= 0.3 is 5.97 Å². The molecule has 128 valence electrons. The number of Topliss-reactive ketones (excluding diaryl/α,β-unsaturated/α-hetero) is 1. The van der Waals surface area contributed by atoms with Crippen molar-refractivity contribution in [2.45, 2.75) is 19.3 Å². The molecule has 2 aromatic rings. The van der Waals surface area contributed by atoms with E-state index in [4.69, 9.17) is 25.8 Å². The summed E-state index contributed by atoms with van der Waals surface area (Å²) in [5.74, 6) is -0.0542. The van der Waals surface area contributed by atoms with E-state index in [-0.39, 0.29) is 29.8 Å². The Kier molecular flexibility index (Phi) is 4.09. The van der Waals surface area contributed by atoms with Gasteiger partial charge in [0, 0.05) is 5.56 Å². The number of hydrogen-bond donors (Lipinski definition) is 0. The smallest absolute Gasteiger partial charge is 0.338 e. The van der Waals surface area contributed by atoms with Gasteiger partial charge in [0.05, 0.1) is 10.6 Å². The molecule has 0 amide bonds. The van der Waals surface area contributed by atoms with Crippen molar-refractivity contribution < 1.29 is 23.8 Å². The van der Waals surface area contributed by atoms with Gasteiger partial charge in [-0.1, -0.05) is 23.7 Å². The summed E-state index contributed by atoms with van der Waals surface area (Å²) in [5.41, 5.74) is 3.29. The number of ether oxygens (including phenoxy) is 3. The van der Waals surface area contributed by atoms with Crippen molar-refractivity contribution in [3.63, 3.8) is 0 Å². The summed E-state index contributed by atoms with van der Waals surface area (Å²) in [6.07, 6.45) is 3.17. The zero-order valence-corrected chi connectivity index (χ0v) is 14.1. The van der Waals surface area contributed by atoms with Gasteiger partial charge in [-0.05, 0) is 48.6 Å². The fourth-order valence-electron chi connectivity index (χ4n) is 3.13. The Morgan fingerprint density at radius 3 is 2.76 bits per heavy atom. The first kappa shape index (κ1) is 16.0. The minimum absolute atomic E-state index is 0.0599. The van der Waals surface area contributed by atoms with Crippen LogP contribution in [-0.2, 0) is 17.6 Å². The van der Waals surface area contributed by atoms with Crippen LogP contribution in [0.4, 0.5) is 0 Å². The summed E-state index contributed by atoms with van der Waals surface area (Å²) in [6, 6.07) is 8.61. The Bertz CT molecular complexity index is 874. The van der Waals surface area contributed by atoms with Crippen molar-refractivity contribution in [1.82, 2.24) is 0 Å². The number of rotatable bonds is 4. The molecule has 1 aliphatic carbocycles.